The Bertz CT molecular complexity index is 281. The summed E-state index contributed by atoms with van der Waals surface area (Å²) in [6.45, 7) is 6.84. The van der Waals surface area contributed by atoms with Crippen molar-refractivity contribution in [3.8, 4) is 0 Å². The SMILES string of the molecule is CCCCC(CC)NC(C)Cc1ccccc1. The van der Waals surface area contributed by atoms with E-state index >= 15 is 0 Å². The Kier molecular flexibility index (Phi) is 6.95. The number of benzene rings is 1. The van der Waals surface area contributed by atoms with Crippen molar-refractivity contribution in [3.05, 3.63) is 35.9 Å². The van der Waals surface area contributed by atoms with Crippen molar-refractivity contribution in [3.63, 3.8) is 0 Å². The summed E-state index contributed by atoms with van der Waals surface area (Å²) in [6.07, 6.45) is 6.31. The van der Waals surface area contributed by atoms with E-state index in [1.54, 1.807) is 0 Å². The quantitative estimate of drug-likeness (QED) is 0.710. The second-order valence-electron chi connectivity index (χ2n) is 5.00. The zero-order valence-electron chi connectivity index (χ0n) is 11.6. The summed E-state index contributed by atoms with van der Waals surface area (Å²) in [5.41, 5.74) is 1.43. The number of unbranched alkanes of at least 4 members (excludes halogenated alkanes) is 1. The van der Waals surface area contributed by atoms with Crippen LogP contribution in [0.5, 0.6) is 0 Å². The summed E-state index contributed by atoms with van der Waals surface area (Å²) in [4.78, 5) is 0. The molecule has 0 heterocycles. The van der Waals surface area contributed by atoms with Crippen molar-refractivity contribution in [2.45, 2.75) is 65.0 Å². The molecule has 2 atom stereocenters. The molecule has 1 aromatic carbocycles. The Hall–Kier alpha value is -0.820. The van der Waals surface area contributed by atoms with Crippen LogP contribution >= 0.6 is 0 Å². The molecule has 0 aromatic heterocycles. The minimum atomic E-state index is 0.569. The molecule has 1 nitrogen and oxygen atoms in total. The van der Waals surface area contributed by atoms with Crippen LogP contribution in [0.4, 0.5) is 0 Å². The molecule has 96 valence electrons. The molecule has 0 saturated heterocycles. The van der Waals surface area contributed by atoms with E-state index in [2.05, 4.69) is 56.4 Å². The van der Waals surface area contributed by atoms with Gasteiger partial charge in [0.05, 0.1) is 0 Å². The van der Waals surface area contributed by atoms with Crippen molar-refractivity contribution in [1.29, 1.82) is 0 Å². The van der Waals surface area contributed by atoms with Gasteiger partial charge in [-0.3, -0.25) is 0 Å². The Balaban J connectivity index is 2.34. The van der Waals surface area contributed by atoms with Gasteiger partial charge in [-0.2, -0.15) is 0 Å². The molecule has 0 aliphatic rings. The molecule has 1 N–H and O–H groups in total. The highest BCUT2D eigenvalue weighted by atomic mass is 14.9. The molecule has 0 radical (unpaired) electrons. The van der Waals surface area contributed by atoms with E-state index in [9.17, 15) is 0 Å². The monoisotopic (exact) mass is 233 g/mol. The smallest absolute Gasteiger partial charge is 0.00817 e. The van der Waals surface area contributed by atoms with Gasteiger partial charge in [0, 0.05) is 12.1 Å². The summed E-state index contributed by atoms with van der Waals surface area (Å²) >= 11 is 0. The zero-order valence-corrected chi connectivity index (χ0v) is 11.6. The Morgan fingerprint density at radius 1 is 1.12 bits per heavy atom. The lowest BCUT2D eigenvalue weighted by Gasteiger charge is -2.22. The summed E-state index contributed by atoms with van der Waals surface area (Å²) in [6, 6.07) is 12.0. The van der Waals surface area contributed by atoms with E-state index in [1.165, 1.54) is 31.2 Å². The van der Waals surface area contributed by atoms with E-state index in [-0.39, 0.29) is 0 Å². The standard InChI is InChI=1S/C16H27N/c1-4-6-12-16(5-2)17-14(3)13-15-10-8-7-9-11-15/h7-11,14,16-17H,4-6,12-13H2,1-3H3. The van der Waals surface area contributed by atoms with Crippen LogP contribution in [0.2, 0.25) is 0 Å². The lowest BCUT2D eigenvalue weighted by molar-refractivity contribution is 0.402. The predicted octanol–water partition coefficient (Wildman–Crippen LogP) is 4.18. The Labute approximate surface area is 107 Å². The minimum Gasteiger partial charge on any atom is -0.311 e. The molecule has 0 bridgehead atoms. The highest BCUT2D eigenvalue weighted by molar-refractivity contribution is 5.15. The molecule has 0 amide bonds. The molecule has 2 unspecified atom stereocenters. The molecule has 0 aliphatic heterocycles. The molecule has 1 aromatic rings. The summed E-state index contributed by atoms with van der Waals surface area (Å²) in [5, 5.41) is 3.75. The lowest BCUT2D eigenvalue weighted by Crippen LogP contribution is -2.37. The van der Waals surface area contributed by atoms with Crippen LogP contribution in [0.15, 0.2) is 30.3 Å². The second kappa shape index (κ2) is 8.30. The largest absolute Gasteiger partial charge is 0.311 e. The van der Waals surface area contributed by atoms with Crippen LogP contribution in [-0.4, -0.2) is 12.1 Å². The van der Waals surface area contributed by atoms with E-state index in [1.807, 2.05) is 0 Å². The summed E-state index contributed by atoms with van der Waals surface area (Å²) < 4.78 is 0. The average molecular weight is 233 g/mol. The first kappa shape index (κ1) is 14.2. The van der Waals surface area contributed by atoms with E-state index in [0.29, 0.717) is 12.1 Å². The van der Waals surface area contributed by atoms with Gasteiger partial charge in [0.15, 0.2) is 0 Å². The zero-order chi connectivity index (χ0) is 12.5. The van der Waals surface area contributed by atoms with Crippen LogP contribution in [0.1, 0.15) is 52.0 Å². The number of nitrogens with one attached hydrogen (secondary N) is 1. The molecule has 1 rings (SSSR count). The maximum absolute atomic E-state index is 3.75. The van der Waals surface area contributed by atoms with Crippen LogP contribution in [0.3, 0.4) is 0 Å². The molecule has 0 saturated carbocycles. The lowest BCUT2D eigenvalue weighted by atomic mass is 10.0. The number of rotatable bonds is 8. The normalized spacial score (nSPS) is 14.5. The molecule has 1 heteroatoms. The van der Waals surface area contributed by atoms with Gasteiger partial charge in [0.1, 0.15) is 0 Å². The average Bonchev–Trinajstić information content (AvgIpc) is 2.35. The molecule has 0 fully saturated rings. The van der Waals surface area contributed by atoms with Gasteiger partial charge in [-0.1, -0.05) is 57.0 Å². The fourth-order valence-corrected chi connectivity index (χ4v) is 2.28. The van der Waals surface area contributed by atoms with Crippen molar-refractivity contribution < 1.29 is 0 Å². The van der Waals surface area contributed by atoms with Gasteiger partial charge < -0.3 is 5.32 Å². The third-order valence-electron chi connectivity index (χ3n) is 3.30. The fourth-order valence-electron chi connectivity index (χ4n) is 2.28. The Morgan fingerprint density at radius 2 is 1.82 bits per heavy atom. The van der Waals surface area contributed by atoms with E-state index in [4.69, 9.17) is 0 Å². The van der Waals surface area contributed by atoms with Gasteiger partial charge >= 0.3 is 0 Å². The van der Waals surface area contributed by atoms with Crippen LogP contribution in [0, 0.1) is 0 Å². The maximum atomic E-state index is 3.75. The highest BCUT2D eigenvalue weighted by Crippen LogP contribution is 2.08. The molecular weight excluding hydrogens is 206 g/mol. The summed E-state index contributed by atoms with van der Waals surface area (Å²) in [5.74, 6) is 0. The van der Waals surface area contributed by atoms with Crippen molar-refractivity contribution in [1.82, 2.24) is 5.32 Å². The first-order chi connectivity index (χ1) is 8.26. The van der Waals surface area contributed by atoms with Gasteiger partial charge in [0.2, 0.25) is 0 Å². The third-order valence-corrected chi connectivity index (χ3v) is 3.30. The van der Waals surface area contributed by atoms with Crippen LogP contribution in [0.25, 0.3) is 0 Å². The fraction of sp³-hybridized carbons (Fsp3) is 0.625. The highest BCUT2D eigenvalue weighted by Gasteiger charge is 2.09. The molecule has 0 aliphatic carbocycles. The number of hydrogen-bond acceptors (Lipinski definition) is 1. The van der Waals surface area contributed by atoms with Crippen LogP contribution in [-0.2, 0) is 6.42 Å². The van der Waals surface area contributed by atoms with Gasteiger partial charge in [-0.15, -0.1) is 0 Å². The summed E-state index contributed by atoms with van der Waals surface area (Å²) in [7, 11) is 0. The van der Waals surface area contributed by atoms with Gasteiger partial charge in [0.25, 0.3) is 0 Å². The first-order valence-corrected chi connectivity index (χ1v) is 7.06. The third kappa shape index (κ3) is 5.88. The minimum absolute atomic E-state index is 0.569. The van der Waals surface area contributed by atoms with E-state index < -0.39 is 0 Å². The molecule has 17 heavy (non-hydrogen) atoms. The second-order valence-corrected chi connectivity index (χ2v) is 5.00. The van der Waals surface area contributed by atoms with Gasteiger partial charge in [-0.05, 0) is 31.7 Å². The van der Waals surface area contributed by atoms with Crippen LogP contribution < -0.4 is 5.32 Å². The van der Waals surface area contributed by atoms with Crippen molar-refractivity contribution >= 4 is 0 Å². The predicted molar refractivity (Wildman–Crippen MR) is 76.3 cm³/mol. The van der Waals surface area contributed by atoms with Gasteiger partial charge in [-0.25, -0.2) is 0 Å². The van der Waals surface area contributed by atoms with E-state index in [0.717, 1.165) is 6.42 Å². The first-order valence-electron chi connectivity index (χ1n) is 7.06. The van der Waals surface area contributed by atoms with Crippen molar-refractivity contribution in [2.24, 2.45) is 0 Å². The Morgan fingerprint density at radius 3 is 2.41 bits per heavy atom. The number of hydrogen-bond donors (Lipinski definition) is 1. The topological polar surface area (TPSA) is 12.0 Å². The maximum Gasteiger partial charge on any atom is 0.00817 e. The molecule has 0 spiro atoms. The van der Waals surface area contributed by atoms with Crippen molar-refractivity contribution in [2.75, 3.05) is 0 Å². The molecular formula is C16H27N.